The van der Waals surface area contributed by atoms with Crippen molar-refractivity contribution in [3.63, 3.8) is 0 Å². The van der Waals surface area contributed by atoms with Gasteiger partial charge in [0.15, 0.2) is 5.69 Å². The van der Waals surface area contributed by atoms with Crippen molar-refractivity contribution < 1.29 is 33.4 Å². The molecule has 1 heterocycles. The van der Waals surface area contributed by atoms with Crippen LogP contribution in [0.4, 0.5) is 14.4 Å². The fourth-order valence-electron chi connectivity index (χ4n) is 4.17. The summed E-state index contributed by atoms with van der Waals surface area (Å²) in [6.07, 6.45) is -1.81. The van der Waals surface area contributed by atoms with E-state index in [2.05, 4.69) is 21.0 Å². The molecule has 0 unspecified atom stereocenters. The predicted molar refractivity (Wildman–Crippen MR) is 170 cm³/mol. The van der Waals surface area contributed by atoms with E-state index in [0.29, 0.717) is 11.8 Å². The molecule has 4 aromatic rings. The lowest BCUT2D eigenvalue weighted by Gasteiger charge is -2.19. The zero-order valence-electron chi connectivity index (χ0n) is 25.8. The predicted octanol–water partition coefficient (Wildman–Crippen LogP) is 5.12. The fraction of sp³-hybridized carbons (Fsp3) is 0.273. The SMILES string of the molecule is CC(C)(C)OC(=O)NCCCNC(=O)c1nn(C(=O)OCc2ccccc2)c2cc(C(=N)NC(=O)OCc3ccccc3)ccc12. The van der Waals surface area contributed by atoms with Crippen molar-refractivity contribution in [2.75, 3.05) is 13.1 Å². The van der Waals surface area contributed by atoms with Crippen molar-refractivity contribution in [2.45, 2.75) is 46.0 Å². The highest BCUT2D eigenvalue weighted by Gasteiger charge is 2.23. The van der Waals surface area contributed by atoms with Crippen LogP contribution in [0.3, 0.4) is 0 Å². The summed E-state index contributed by atoms with van der Waals surface area (Å²) in [7, 11) is 0. The van der Waals surface area contributed by atoms with Crippen LogP contribution < -0.4 is 16.0 Å². The van der Waals surface area contributed by atoms with Gasteiger partial charge in [0.2, 0.25) is 0 Å². The Labute approximate surface area is 265 Å². The van der Waals surface area contributed by atoms with Crippen LogP contribution in [0.25, 0.3) is 10.9 Å². The minimum absolute atomic E-state index is 0.0224. The minimum atomic E-state index is -0.839. The van der Waals surface area contributed by atoms with Crippen LogP contribution in [-0.4, -0.2) is 58.5 Å². The van der Waals surface area contributed by atoms with Gasteiger partial charge in [-0.1, -0.05) is 66.7 Å². The molecule has 0 radical (unpaired) electrons. The third-order valence-corrected chi connectivity index (χ3v) is 6.31. The molecule has 0 aliphatic carbocycles. The molecule has 13 heteroatoms. The summed E-state index contributed by atoms with van der Waals surface area (Å²) in [4.78, 5) is 50.5. The maximum absolute atomic E-state index is 13.2. The largest absolute Gasteiger partial charge is 0.444 e. The zero-order chi connectivity index (χ0) is 33.1. The Morgan fingerprint density at radius 2 is 1.41 bits per heavy atom. The summed E-state index contributed by atoms with van der Waals surface area (Å²) in [6.45, 7) is 5.75. The van der Waals surface area contributed by atoms with Crippen LogP contribution in [0.15, 0.2) is 78.9 Å². The van der Waals surface area contributed by atoms with Gasteiger partial charge in [-0.2, -0.15) is 9.78 Å². The van der Waals surface area contributed by atoms with E-state index in [1.807, 2.05) is 36.4 Å². The highest BCUT2D eigenvalue weighted by atomic mass is 16.6. The first-order valence-corrected chi connectivity index (χ1v) is 14.6. The Balaban J connectivity index is 1.46. The maximum Gasteiger partial charge on any atom is 0.435 e. The average Bonchev–Trinajstić information content (AvgIpc) is 3.42. The molecule has 4 rings (SSSR count). The van der Waals surface area contributed by atoms with E-state index >= 15 is 0 Å². The molecule has 0 spiro atoms. The third kappa shape index (κ3) is 9.64. The Bertz CT molecular complexity index is 1700. The number of nitrogens with one attached hydrogen (secondary N) is 4. The first-order chi connectivity index (χ1) is 22.0. The summed E-state index contributed by atoms with van der Waals surface area (Å²) in [5.41, 5.74) is 1.30. The molecule has 0 aliphatic rings. The van der Waals surface area contributed by atoms with E-state index in [0.717, 1.165) is 15.8 Å². The molecular formula is C33H36N6O7. The number of fused-ring (bicyclic) bond motifs is 1. The zero-order valence-corrected chi connectivity index (χ0v) is 25.8. The fourth-order valence-corrected chi connectivity index (χ4v) is 4.17. The lowest BCUT2D eigenvalue weighted by molar-refractivity contribution is 0.0527. The van der Waals surface area contributed by atoms with Crippen LogP contribution in [-0.2, 0) is 27.4 Å². The van der Waals surface area contributed by atoms with Gasteiger partial charge in [0, 0.05) is 24.0 Å². The van der Waals surface area contributed by atoms with Gasteiger partial charge in [-0.3, -0.25) is 15.5 Å². The number of rotatable bonds is 10. The number of hydrogen-bond donors (Lipinski definition) is 4. The molecule has 1 aromatic heterocycles. The normalized spacial score (nSPS) is 10.9. The molecule has 46 heavy (non-hydrogen) atoms. The molecule has 0 bridgehead atoms. The van der Waals surface area contributed by atoms with Crippen molar-refractivity contribution in [1.29, 1.82) is 5.41 Å². The maximum atomic E-state index is 13.2. The number of benzene rings is 3. The first kappa shape index (κ1) is 33.2. The number of ether oxygens (including phenoxy) is 3. The smallest absolute Gasteiger partial charge is 0.435 e. The molecule has 3 amide bonds. The van der Waals surface area contributed by atoms with E-state index in [9.17, 15) is 19.2 Å². The van der Waals surface area contributed by atoms with E-state index in [-0.39, 0.29) is 48.9 Å². The van der Waals surface area contributed by atoms with Crippen LogP contribution in [0, 0.1) is 5.41 Å². The number of carbonyl (C=O) groups excluding carboxylic acids is 4. The monoisotopic (exact) mass is 628 g/mol. The van der Waals surface area contributed by atoms with Gasteiger partial charge >= 0.3 is 18.3 Å². The van der Waals surface area contributed by atoms with E-state index in [4.69, 9.17) is 19.6 Å². The summed E-state index contributed by atoms with van der Waals surface area (Å²) in [6, 6.07) is 22.7. The second-order valence-corrected chi connectivity index (χ2v) is 11.1. The van der Waals surface area contributed by atoms with Crippen LogP contribution in [0.2, 0.25) is 0 Å². The molecule has 0 saturated carbocycles. The number of amidine groups is 1. The Morgan fingerprint density at radius 1 is 0.804 bits per heavy atom. The minimum Gasteiger partial charge on any atom is -0.444 e. The van der Waals surface area contributed by atoms with Crippen molar-refractivity contribution in [3.8, 4) is 0 Å². The molecular weight excluding hydrogens is 592 g/mol. The molecule has 0 saturated heterocycles. The van der Waals surface area contributed by atoms with E-state index in [1.165, 1.54) is 18.2 Å². The third-order valence-electron chi connectivity index (χ3n) is 6.31. The number of carbonyl (C=O) groups is 4. The van der Waals surface area contributed by atoms with Gasteiger partial charge in [-0.05, 0) is 50.5 Å². The molecule has 4 N–H and O–H groups in total. The summed E-state index contributed by atoms with van der Waals surface area (Å²) in [5, 5.41) is 20.7. The van der Waals surface area contributed by atoms with E-state index < -0.39 is 29.8 Å². The lowest BCUT2D eigenvalue weighted by atomic mass is 10.1. The van der Waals surface area contributed by atoms with E-state index in [1.54, 1.807) is 45.0 Å². The van der Waals surface area contributed by atoms with Crippen molar-refractivity contribution in [3.05, 3.63) is 101 Å². The highest BCUT2D eigenvalue weighted by Crippen LogP contribution is 2.22. The number of alkyl carbamates (subject to hydrolysis) is 2. The number of aromatic nitrogens is 2. The van der Waals surface area contributed by atoms with Gasteiger partial charge < -0.3 is 24.8 Å². The quantitative estimate of drug-likeness (QED) is 0.0811. The second kappa shape index (κ2) is 15.3. The molecule has 0 aliphatic heterocycles. The van der Waals surface area contributed by atoms with Gasteiger partial charge in [0.25, 0.3) is 5.91 Å². The van der Waals surface area contributed by atoms with Gasteiger partial charge in [0.05, 0.1) is 5.52 Å². The topological polar surface area (TPSA) is 174 Å². The molecule has 13 nitrogen and oxygen atoms in total. The van der Waals surface area contributed by atoms with Gasteiger partial charge in [-0.15, -0.1) is 0 Å². The standard InChI is InChI=1S/C33H36N6O7/c1-33(2,3)46-30(41)36-18-10-17-35-29(40)27-25-16-15-24(28(34)37-31(42)44-20-22-11-6-4-7-12-22)19-26(25)39(38-27)32(43)45-21-23-13-8-5-9-14-23/h4-9,11-16,19H,10,17-18,20-21H2,1-3H3,(H,35,40)(H,36,41)(H2,34,37,42). The summed E-state index contributed by atoms with van der Waals surface area (Å²) >= 11 is 0. The van der Waals surface area contributed by atoms with Gasteiger partial charge in [-0.25, -0.2) is 14.4 Å². The van der Waals surface area contributed by atoms with Crippen molar-refractivity contribution in [2.24, 2.45) is 0 Å². The van der Waals surface area contributed by atoms with Crippen LogP contribution in [0.5, 0.6) is 0 Å². The van der Waals surface area contributed by atoms with Gasteiger partial charge in [0.1, 0.15) is 24.7 Å². The number of hydrogen-bond acceptors (Lipinski definition) is 9. The van der Waals surface area contributed by atoms with Crippen molar-refractivity contribution in [1.82, 2.24) is 25.7 Å². The highest BCUT2D eigenvalue weighted by molar-refractivity contribution is 6.10. The summed E-state index contributed by atoms with van der Waals surface area (Å²) in [5.74, 6) is -0.837. The number of nitrogens with zero attached hydrogens (tertiary/aromatic N) is 2. The van der Waals surface area contributed by atoms with Crippen molar-refractivity contribution >= 4 is 40.9 Å². The molecule has 0 atom stereocenters. The first-order valence-electron chi connectivity index (χ1n) is 14.6. The molecule has 240 valence electrons. The van der Waals surface area contributed by atoms with Crippen LogP contribution >= 0.6 is 0 Å². The summed E-state index contributed by atoms with van der Waals surface area (Å²) < 4.78 is 16.8. The number of amides is 3. The Morgan fingerprint density at radius 3 is 2.04 bits per heavy atom. The Hall–Kier alpha value is -5.72. The molecule has 3 aromatic carbocycles. The second-order valence-electron chi connectivity index (χ2n) is 11.1. The molecule has 0 fully saturated rings. The Kier molecular flexibility index (Phi) is 11.1. The lowest BCUT2D eigenvalue weighted by Crippen LogP contribution is -2.34. The average molecular weight is 629 g/mol. The van der Waals surface area contributed by atoms with Crippen LogP contribution in [0.1, 0.15) is 54.4 Å².